The van der Waals surface area contributed by atoms with Crippen molar-refractivity contribution in [2.45, 2.75) is 44.8 Å². The van der Waals surface area contributed by atoms with Crippen LogP contribution in [0.1, 0.15) is 27.2 Å². The molecule has 1 amide bonds. The summed E-state index contributed by atoms with van der Waals surface area (Å²) in [7, 11) is 0. The summed E-state index contributed by atoms with van der Waals surface area (Å²) in [5.74, 6) is -2.57. The summed E-state index contributed by atoms with van der Waals surface area (Å²) in [5, 5.41) is 5.14. The van der Waals surface area contributed by atoms with Gasteiger partial charge in [-0.05, 0) is 45.0 Å². The van der Waals surface area contributed by atoms with E-state index in [1.807, 2.05) is 20.8 Å². The van der Waals surface area contributed by atoms with Crippen LogP contribution in [0.2, 0.25) is 0 Å². The number of amides is 1. The van der Waals surface area contributed by atoms with E-state index in [-0.39, 0.29) is 5.60 Å². The highest BCUT2D eigenvalue weighted by Gasteiger charge is 2.42. The Hall–Kier alpha value is -1.69. The monoisotopic (exact) mass is 298 g/mol. The maximum atomic E-state index is 13.0. The third-order valence-electron chi connectivity index (χ3n) is 2.97. The van der Waals surface area contributed by atoms with Gasteiger partial charge in [0.1, 0.15) is 11.4 Å². The van der Waals surface area contributed by atoms with Gasteiger partial charge in [0.15, 0.2) is 0 Å². The first-order chi connectivity index (χ1) is 9.65. The van der Waals surface area contributed by atoms with Crippen LogP contribution in [0.3, 0.4) is 0 Å². The first kappa shape index (κ1) is 15.7. The number of nitrogens with one attached hydrogen (secondary N) is 2. The topological polar surface area (TPSA) is 50.4 Å². The molecule has 2 N–H and O–H groups in total. The van der Waals surface area contributed by atoms with Crippen molar-refractivity contribution in [1.29, 1.82) is 0 Å². The molecule has 1 atom stereocenters. The number of hydrogen-bond donors (Lipinski definition) is 2. The standard InChI is InChI=1S/C15H20F2N2O2/c1-14(2,3)21-11-6-4-10(5-7-11)19-13(20)12-8-15(16,17)9-18-12/h4-7,12,18H,8-9H2,1-3H3,(H,19,20). The average Bonchev–Trinajstić information content (AvgIpc) is 2.70. The van der Waals surface area contributed by atoms with Crippen molar-refractivity contribution in [3.05, 3.63) is 24.3 Å². The fourth-order valence-corrected chi connectivity index (χ4v) is 2.09. The molecule has 0 bridgehead atoms. The molecule has 1 aromatic rings. The lowest BCUT2D eigenvalue weighted by molar-refractivity contribution is -0.118. The van der Waals surface area contributed by atoms with Gasteiger partial charge < -0.3 is 10.1 Å². The fraction of sp³-hybridized carbons (Fsp3) is 0.533. The van der Waals surface area contributed by atoms with Crippen LogP contribution in [-0.2, 0) is 4.79 Å². The molecule has 1 aromatic carbocycles. The Morgan fingerprint density at radius 3 is 2.43 bits per heavy atom. The third kappa shape index (κ3) is 4.67. The highest BCUT2D eigenvalue weighted by atomic mass is 19.3. The van der Waals surface area contributed by atoms with Crippen LogP contribution in [0.4, 0.5) is 14.5 Å². The molecule has 116 valence electrons. The molecule has 1 heterocycles. The molecule has 0 radical (unpaired) electrons. The Kier molecular flexibility index (Phi) is 4.18. The quantitative estimate of drug-likeness (QED) is 0.902. The van der Waals surface area contributed by atoms with Crippen LogP contribution in [0, 0.1) is 0 Å². The van der Waals surface area contributed by atoms with Crippen molar-refractivity contribution in [3.63, 3.8) is 0 Å². The van der Waals surface area contributed by atoms with Gasteiger partial charge in [-0.15, -0.1) is 0 Å². The molecular weight excluding hydrogens is 278 g/mol. The lowest BCUT2D eigenvalue weighted by Crippen LogP contribution is -2.35. The second kappa shape index (κ2) is 5.60. The van der Waals surface area contributed by atoms with Crippen LogP contribution < -0.4 is 15.4 Å². The van der Waals surface area contributed by atoms with E-state index in [9.17, 15) is 13.6 Å². The van der Waals surface area contributed by atoms with Crippen molar-refractivity contribution < 1.29 is 18.3 Å². The van der Waals surface area contributed by atoms with Crippen molar-refractivity contribution in [2.75, 3.05) is 11.9 Å². The van der Waals surface area contributed by atoms with Gasteiger partial charge in [-0.3, -0.25) is 10.1 Å². The molecule has 0 saturated carbocycles. The van der Waals surface area contributed by atoms with Crippen molar-refractivity contribution >= 4 is 11.6 Å². The van der Waals surface area contributed by atoms with Gasteiger partial charge in [0, 0.05) is 12.1 Å². The number of rotatable bonds is 3. The summed E-state index contributed by atoms with van der Waals surface area (Å²) in [6.45, 7) is 5.36. The molecule has 1 saturated heterocycles. The van der Waals surface area contributed by atoms with E-state index in [1.54, 1.807) is 24.3 Å². The average molecular weight is 298 g/mol. The predicted octanol–water partition coefficient (Wildman–Crippen LogP) is 2.80. The first-order valence-electron chi connectivity index (χ1n) is 6.86. The van der Waals surface area contributed by atoms with Crippen molar-refractivity contribution in [3.8, 4) is 5.75 Å². The number of carbonyl (C=O) groups is 1. The van der Waals surface area contributed by atoms with Crippen LogP contribution in [0.5, 0.6) is 5.75 Å². The highest BCUT2D eigenvalue weighted by molar-refractivity contribution is 5.95. The third-order valence-corrected chi connectivity index (χ3v) is 2.97. The minimum absolute atomic E-state index is 0.301. The maximum absolute atomic E-state index is 13.0. The van der Waals surface area contributed by atoms with Crippen LogP contribution in [0.15, 0.2) is 24.3 Å². The number of alkyl halides is 2. The van der Waals surface area contributed by atoms with Gasteiger partial charge in [0.25, 0.3) is 5.92 Å². The van der Waals surface area contributed by atoms with E-state index in [2.05, 4.69) is 10.6 Å². The van der Waals surface area contributed by atoms with Crippen LogP contribution in [-0.4, -0.2) is 30.0 Å². The van der Waals surface area contributed by atoms with E-state index in [0.717, 1.165) is 0 Å². The summed E-state index contributed by atoms with van der Waals surface area (Å²) in [6, 6.07) is 5.98. The zero-order valence-corrected chi connectivity index (χ0v) is 12.4. The van der Waals surface area contributed by atoms with E-state index in [0.29, 0.717) is 11.4 Å². The summed E-state index contributed by atoms with van der Waals surface area (Å²) in [4.78, 5) is 11.9. The lowest BCUT2D eigenvalue weighted by Gasteiger charge is -2.21. The summed E-state index contributed by atoms with van der Waals surface area (Å²) < 4.78 is 31.8. The molecule has 21 heavy (non-hydrogen) atoms. The van der Waals surface area contributed by atoms with Crippen molar-refractivity contribution in [1.82, 2.24) is 5.32 Å². The van der Waals surface area contributed by atoms with E-state index >= 15 is 0 Å². The number of halogens is 2. The zero-order chi connectivity index (χ0) is 15.7. The number of anilines is 1. The van der Waals surface area contributed by atoms with Gasteiger partial charge in [-0.25, -0.2) is 8.78 Å². The first-order valence-corrected chi connectivity index (χ1v) is 6.86. The van der Waals surface area contributed by atoms with Gasteiger partial charge in [-0.2, -0.15) is 0 Å². The van der Waals surface area contributed by atoms with Gasteiger partial charge in [-0.1, -0.05) is 0 Å². The van der Waals surface area contributed by atoms with Gasteiger partial charge in [0.05, 0.1) is 12.6 Å². The van der Waals surface area contributed by atoms with Crippen LogP contribution in [0.25, 0.3) is 0 Å². The summed E-state index contributed by atoms with van der Waals surface area (Å²) in [6.07, 6.45) is -0.468. The normalized spacial score (nSPS) is 21.1. The molecule has 1 aliphatic heterocycles. The highest BCUT2D eigenvalue weighted by Crippen LogP contribution is 2.26. The SMILES string of the molecule is CC(C)(C)Oc1ccc(NC(=O)C2CC(F)(F)CN2)cc1. The summed E-state index contributed by atoms with van der Waals surface area (Å²) in [5.41, 5.74) is 0.252. The Morgan fingerprint density at radius 1 is 1.33 bits per heavy atom. The minimum Gasteiger partial charge on any atom is -0.488 e. The molecule has 0 aromatic heterocycles. The Labute approximate surface area is 122 Å². The number of hydrogen-bond acceptors (Lipinski definition) is 3. The molecule has 1 unspecified atom stereocenters. The fourth-order valence-electron chi connectivity index (χ4n) is 2.09. The number of benzene rings is 1. The van der Waals surface area contributed by atoms with E-state index < -0.39 is 30.8 Å². The molecule has 1 fully saturated rings. The Morgan fingerprint density at radius 2 is 1.95 bits per heavy atom. The molecule has 0 spiro atoms. The van der Waals surface area contributed by atoms with Gasteiger partial charge >= 0.3 is 0 Å². The van der Waals surface area contributed by atoms with Crippen LogP contribution >= 0.6 is 0 Å². The Balaban J connectivity index is 1.93. The number of carbonyl (C=O) groups excluding carboxylic acids is 1. The predicted molar refractivity (Wildman–Crippen MR) is 76.8 cm³/mol. The summed E-state index contributed by atoms with van der Waals surface area (Å²) >= 11 is 0. The van der Waals surface area contributed by atoms with Crippen molar-refractivity contribution in [2.24, 2.45) is 0 Å². The molecular formula is C15H20F2N2O2. The minimum atomic E-state index is -2.81. The zero-order valence-electron chi connectivity index (χ0n) is 12.4. The molecule has 2 rings (SSSR count). The van der Waals surface area contributed by atoms with E-state index in [4.69, 9.17) is 4.74 Å². The Bertz CT molecular complexity index is 509. The second-order valence-electron chi connectivity index (χ2n) is 6.22. The van der Waals surface area contributed by atoms with E-state index in [1.165, 1.54) is 0 Å². The maximum Gasteiger partial charge on any atom is 0.262 e. The second-order valence-corrected chi connectivity index (χ2v) is 6.22. The molecule has 0 aliphatic carbocycles. The number of ether oxygens (including phenoxy) is 1. The largest absolute Gasteiger partial charge is 0.488 e. The molecule has 1 aliphatic rings. The molecule has 4 nitrogen and oxygen atoms in total. The lowest BCUT2D eigenvalue weighted by atomic mass is 10.1. The smallest absolute Gasteiger partial charge is 0.262 e. The molecule has 6 heteroatoms. The van der Waals surface area contributed by atoms with Gasteiger partial charge in [0.2, 0.25) is 5.91 Å².